The van der Waals surface area contributed by atoms with Gasteiger partial charge in [-0.05, 0) is 32.4 Å². The standard InChI is InChI=1S/C22H23F2N3O2/c1-10-9-25-19-12(10)6-5-7-13(19)16-14(23)8-15-17(18(16)24)20(26-11(2)28)21(29)22(3,4)27-15/h5-9,20-21,25,27,29H,1-4H3,(H,26,28)/t20-,21+/m0/s1. The van der Waals surface area contributed by atoms with Gasteiger partial charge in [-0.15, -0.1) is 0 Å². The number of aliphatic hydroxyl groups is 1. The van der Waals surface area contributed by atoms with E-state index in [0.717, 1.165) is 10.9 Å². The Morgan fingerprint density at radius 2 is 2.00 bits per heavy atom. The topological polar surface area (TPSA) is 77.2 Å². The van der Waals surface area contributed by atoms with Crippen LogP contribution in [0.2, 0.25) is 0 Å². The van der Waals surface area contributed by atoms with Gasteiger partial charge in [-0.1, -0.05) is 18.2 Å². The third kappa shape index (κ3) is 2.97. The van der Waals surface area contributed by atoms with Gasteiger partial charge in [0.05, 0.1) is 22.7 Å². The van der Waals surface area contributed by atoms with Crippen LogP contribution in [0.4, 0.5) is 14.5 Å². The van der Waals surface area contributed by atoms with Crippen molar-refractivity contribution in [3.05, 3.63) is 53.2 Å². The van der Waals surface area contributed by atoms with Gasteiger partial charge in [0.1, 0.15) is 17.7 Å². The van der Waals surface area contributed by atoms with Crippen molar-refractivity contribution in [1.82, 2.24) is 10.3 Å². The molecule has 0 unspecified atom stereocenters. The predicted octanol–water partition coefficient (Wildman–Crippen LogP) is 4.16. The molecule has 0 bridgehead atoms. The maximum atomic E-state index is 15.8. The molecule has 152 valence electrons. The number of H-pyrrole nitrogens is 1. The summed E-state index contributed by atoms with van der Waals surface area (Å²) >= 11 is 0. The highest BCUT2D eigenvalue weighted by atomic mass is 19.1. The van der Waals surface area contributed by atoms with Crippen molar-refractivity contribution in [3.63, 3.8) is 0 Å². The van der Waals surface area contributed by atoms with Gasteiger partial charge in [0.25, 0.3) is 0 Å². The summed E-state index contributed by atoms with van der Waals surface area (Å²) in [6, 6.07) is 5.49. The number of carbonyl (C=O) groups excluding carboxylic acids is 1. The molecule has 1 amide bonds. The lowest BCUT2D eigenvalue weighted by Crippen LogP contribution is -2.55. The number of para-hydroxylation sites is 1. The van der Waals surface area contributed by atoms with Gasteiger partial charge in [0.15, 0.2) is 0 Å². The maximum absolute atomic E-state index is 15.8. The summed E-state index contributed by atoms with van der Waals surface area (Å²) < 4.78 is 31.0. The first-order valence-electron chi connectivity index (χ1n) is 9.44. The second-order valence-corrected chi connectivity index (χ2v) is 8.18. The number of rotatable bonds is 2. The molecule has 1 aromatic heterocycles. The molecule has 2 heterocycles. The molecule has 0 spiro atoms. The molecular weight excluding hydrogens is 376 g/mol. The van der Waals surface area contributed by atoms with Crippen molar-refractivity contribution >= 4 is 22.5 Å². The van der Waals surface area contributed by atoms with E-state index in [1.807, 2.05) is 13.0 Å². The maximum Gasteiger partial charge on any atom is 0.217 e. The predicted molar refractivity (Wildman–Crippen MR) is 109 cm³/mol. The van der Waals surface area contributed by atoms with E-state index in [1.54, 1.807) is 32.2 Å². The Morgan fingerprint density at radius 3 is 2.69 bits per heavy atom. The van der Waals surface area contributed by atoms with E-state index in [2.05, 4.69) is 15.6 Å². The number of amides is 1. The number of fused-ring (bicyclic) bond motifs is 2. The number of hydrogen-bond donors (Lipinski definition) is 4. The van der Waals surface area contributed by atoms with Crippen molar-refractivity contribution in [1.29, 1.82) is 0 Å². The molecule has 0 fully saturated rings. The van der Waals surface area contributed by atoms with E-state index in [-0.39, 0.29) is 16.8 Å². The number of halogens is 2. The highest BCUT2D eigenvalue weighted by molar-refractivity contribution is 5.96. The van der Waals surface area contributed by atoms with Gasteiger partial charge in [-0.3, -0.25) is 4.79 Å². The lowest BCUT2D eigenvalue weighted by atomic mass is 9.81. The molecule has 0 aliphatic carbocycles. The third-order valence-corrected chi connectivity index (χ3v) is 5.63. The number of aromatic nitrogens is 1. The van der Waals surface area contributed by atoms with Crippen LogP contribution in [0.15, 0.2) is 30.5 Å². The fourth-order valence-electron chi connectivity index (χ4n) is 4.16. The Morgan fingerprint density at radius 1 is 1.28 bits per heavy atom. The van der Waals surface area contributed by atoms with E-state index in [1.165, 1.54) is 13.0 Å². The molecule has 29 heavy (non-hydrogen) atoms. The second kappa shape index (κ2) is 6.56. The van der Waals surface area contributed by atoms with Gasteiger partial charge in [0.2, 0.25) is 5.91 Å². The van der Waals surface area contributed by atoms with Crippen molar-refractivity contribution < 1.29 is 18.7 Å². The summed E-state index contributed by atoms with van der Waals surface area (Å²) in [4.78, 5) is 14.8. The Balaban J connectivity index is 2.00. The summed E-state index contributed by atoms with van der Waals surface area (Å²) in [5, 5.41) is 17.3. The van der Waals surface area contributed by atoms with Gasteiger partial charge in [-0.25, -0.2) is 8.78 Å². The molecule has 4 rings (SSSR count). The normalized spacial score (nSPS) is 20.2. The zero-order chi connectivity index (χ0) is 21.1. The highest BCUT2D eigenvalue weighted by Gasteiger charge is 2.44. The van der Waals surface area contributed by atoms with Crippen molar-refractivity contribution in [2.24, 2.45) is 0 Å². The Bertz CT molecular complexity index is 1140. The third-order valence-electron chi connectivity index (χ3n) is 5.63. The Hall–Kier alpha value is -2.93. The van der Waals surface area contributed by atoms with Crippen molar-refractivity contribution in [2.75, 3.05) is 5.32 Å². The quantitative estimate of drug-likeness (QED) is 0.523. The van der Waals surface area contributed by atoms with Crippen LogP contribution in [-0.2, 0) is 4.79 Å². The molecule has 1 aliphatic rings. The molecule has 0 radical (unpaired) electrons. The zero-order valence-electron chi connectivity index (χ0n) is 16.7. The van der Waals surface area contributed by atoms with Crippen LogP contribution in [0.5, 0.6) is 0 Å². The van der Waals surface area contributed by atoms with Crippen LogP contribution in [0.25, 0.3) is 22.0 Å². The number of benzene rings is 2. The molecule has 2 atom stereocenters. The average Bonchev–Trinajstić information content (AvgIpc) is 3.00. The number of aromatic amines is 1. The molecule has 0 saturated carbocycles. The number of aryl methyl sites for hydroxylation is 1. The summed E-state index contributed by atoms with van der Waals surface area (Å²) in [6.45, 7) is 6.63. The molecule has 0 saturated heterocycles. The number of carbonyl (C=O) groups is 1. The van der Waals surface area contributed by atoms with E-state index in [0.29, 0.717) is 11.1 Å². The summed E-state index contributed by atoms with van der Waals surface area (Å²) in [5.41, 5.74) is 1.15. The summed E-state index contributed by atoms with van der Waals surface area (Å²) in [7, 11) is 0. The second-order valence-electron chi connectivity index (χ2n) is 8.18. The lowest BCUT2D eigenvalue weighted by molar-refractivity contribution is -0.121. The van der Waals surface area contributed by atoms with Gasteiger partial charge in [-0.2, -0.15) is 0 Å². The van der Waals surface area contributed by atoms with Crippen LogP contribution < -0.4 is 10.6 Å². The van der Waals surface area contributed by atoms with Crippen LogP contribution >= 0.6 is 0 Å². The molecule has 5 nitrogen and oxygen atoms in total. The molecule has 3 aromatic rings. The minimum atomic E-state index is -1.12. The van der Waals surface area contributed by atoms with E-state index < -0.39 is 35.2 Å². The lowest BCUT2D eigenvalue weighted by Gasteiger charge is -2.43. The largest absolute Gasteiger partial charge is 0.388 e. The first kappa shape index (κ1) is 19.4. The minimum absolute atomic E-state index is 0.0451. The van der Waals surface area contributed by atoms with Crippen molar-refractivity contribution in [2.45, 2.75) is 45.4 Å². The number of hydrogen-bond acceptors (Lipinski definition) is 3. The zero-order valence-corrected chi connectivity index (χ0v) is 16.7. The molecule has 1 aliphatic heterocycles. The fourth-order valence-corrected chi connectivity index (χ4v) is 4.16. The average molecular weight is 399 g/mol. The fraction of sp³-hybridized carbons (Fsp3) is 0.318. The van der Waals surface area contributed by atoms with Gasteiger partial charge < -0.3 is 20.7 Å². The van der Waals surface area contributed by atoms with Crippen LogP contribution in [-0.4, -0.2) is 27.6 Å². The van der Waals surface area contributed by atoms with E-state index in [4.69, 9.17) is 0 Å². The monoisotopic (exact) mass is 399 g/mol. The molecule has 4 N–H and O–H groups in total. The first-order valence-corrected chi connectivity index (χ1v) is 9.44. The first-order chi connectivity index (χ1) is 13.6. The number of nitrogens with one attached hydrogen (secondary N) is 3. The SMILES string of the molecule is CC(=O)N[C@H]1c2c(cc(F)c(-c3cccc4c(C)c[nH]c34)c2F)NC(C)(C)[C@@H]1O. The molecule has 7 heteroatoms. The Kier molecular flexibility index (Phi) is 4.38. The number of anilines is 1. The number of aliphatic hydroxyl groups excluding tert-OH is 1. The smallest absolute Gasteiger partial charge is 0.217 e. The molecular formula is C22H23F2N3O2. The molecule has 2 aromatic carbocycles. The van der Waals surface area contributed by atoms with Crippen LogP contribution in [0.1, 0.15) is 37.9 Å². The van der Waals surface area contributed by atoms with Crippen LogP contribution in [0, 0.1) is 18.6 Å². The Labute approximate surface area is 167 Å². The van der Waals surface area contributed by atoms with E-state index in [9.17, 15) is 9.90 Å². The van der Waals surface area contributed by atoms with Gasteiger partial charge >= 0.3 is 0 Å². The summed E-state index contributed by atoms with van der Waals surface area (Å²) in [6.07, 6.45) is 0.672. The van der Waals surface area contributed by atoms with Crippen LogP contribution in [0.3, 0.4) is 0 Å². The summed E-state index contributed by atoms with van der Waals surface area (Å²) in [5.74, 6) is -1.94. The van der Waals surface area contributed by atoms with Gasteiger partial charge in [0, 0.05) is 35.3 Å². The minimum Gasteiger partial charge on any atom is -0.388 e. The van der Waals surface area contributed by atoms with E-state index >= 15 is 8.78 Å². The highest BCUT2D eigenvalue weighted by Crippen LogP contribution is 2.44. The van der Waals surface area contributed by atoms with Crippen molar-refractivity contribution in [3.8, 4) is 11.1 Å².